The highest BCUT2D eigenvalue weighted by molar-refractivity contribution is 5.71. The van der Waals surface area contributed by atoms with Gasteiger partial charge in [-0.3, -0.25) is 0 Å². The zero-order valence-corrected chi connectivity index (χ0v) is 10.1. The van der Waals surface area contributed by atoms with E-state index in [1.165, 1.54) is 5.56 Å². The molecule has 0 spiro atoms. The average Bonchev–Trinajstić information content (AvgIpc) is 2.82. The Hall–Kier alpha value is -2.36. The first-order chi connectivity index (χ1) is 8.86. The second-order valence-electron chi connectivity index (χ2n) is 4.05. The smallest absolute Gasteiger partial charge is 0.215 e. The summed E-state index contributed by atoms with van der Waals surface area (Å²) in [4.78, 5) is 8.76. The molecule has 0 unspecified atom stereocenters. The molecule has 0 N–H and O–H groups in total. The van der Waals surface area contributed by atoms with Crippen LogP contribution in [0.4, 0.5) is 0 Å². The molecule has 0 atom stereocenters. The van der Waals surface area contributed by atoms with E-state index < -0.39 is 0 Å². The monoisotopic (exact) mass is 239 g/mol. The van der Waals surface area contributed by atoms with Crippen LogP contribution in [0.25, 0.3) is 11.2 Å². The topological polar surface area (TPSA) is 39.9 Å². The summed E-state index contributed by atoms with van der Waals surface area (Å²) in [5.41, 5.74) is 2.95. The van der Waals surface area contributed by atoms with Gasteiger partial charge in [0.05, 0.1) is 20.0 Å². The van der Waals surface area contributed by atoms with Gasteiger partial charge in [-0.25, -0.2) is 4.98 Å². The molecule has 0 fully saturated rings. The summed E-state index contributed by atoms with van der Waals surface area (Å²) in [6.45, 7) is 0.761. The lowest BCUT2D eigenvalue weighted by atomic mass is 10.2. The molecule has 0 aliphatic rings. The van der Waals surface area contributed by atoms with Crippen molar-refractivity contribution in [1.29, 1.82) is 0 Å². The van der Waals surface area contributed by atoms with Crippen LogP contribution in [0.15, 0.2) is 48.8 Å². The Balaban J connectivity index is 2.01. The number of methoxy groups -OCH3 is 1. The van der Waals surface area contributed by atoms with Crippen LogP contribution >= 0.6 is 0 Å². The highest BCUT2D eigenvalue weighted by Gasteiger charge is 2.06. The molecule has 1 aromatic carbocycles. The van der Waals surface area contributed by atoms with Gasteiger partial charge >= 0.3 is 0 Å². The number of fused-ring (bicyclic) bond motifs is 1. The van der Waals surface area contributed by atoms with Crippen molar-refractivity contribution in [3.05, 3.63) is 54.4 Å². The first kappa shape index (κ1) is 10.8. The van der Waals surface area contributed by atoms with E-state index in [0.29, 0.717) is 5.88 Å². The van der Waals surface area contributed by atoms with Crippen LogP contribution in [0.5, 0.6) is 5.88 Å². The molecule has 90 valence electrons. The Morgan fingerprint density at radius 2 is 1.94 bits per heavy atom. The predicted octanol–water partition coefficient (Wildman–Crippen LogP) is 2.49. The van der Waals surface area contributed by atoms with Gasteiger partial charge in [0.2, 0.25) is 5.88 Å². The summed E-state index contributed by atoms with van der Waals surface area (Å²) in [5, 5.41) is 0. The van der Waals surface area contributed by atoms with Gasteiger partial charge in [0.1, 0.15) is 5.52 Å². The van der Waals surface area contributed by atoms with Gasteiger partial charge in [0.15, 0.2) is 5.65 Å². The number of pyridine rings is 1. The van der Waals surface area contributed by atoms with Crippen molar-refractivity contribution in [2.24, 2.45) is 0 Å². The van der Waals surface area contributed by atoms with E-state index in [1.54, 1.807) is 7.11 Å². The average molecular weight is 239 g/mol. The van der Waals surface area contributed by atoms with Gasteiger partial charge < -0.3 is 9.30 Å². The van der Waals surface area contributed by atoms with Crippen molar-refractivity contribution in [2.75, 3.05) is 7.11 Å². The van der Waals surface area contributed by atoms with Crippen molar-refractivity contribution in [3.8, 4) is 5.88 Å². The van der Waals surface area contributed by atoms with E-state index in [-0.39, 0.29) is 0 Å². The summed E-state index contributed by atoms with van der Waals surface area (Å²) >= 11 is 0. The van der Waals surface area contributed by atoms with E-state index in [9.17, 15) is 0 Å². The number of hydrogen-bond acceptors (Lipinski definition) is 3. The Bertz CT molecular complexity index is 661. The van der Waals surface area contributed by atoms with Crippen molar-refractivity contribution < 1.29 is 4.74 Å². The quantitative estimate of drug-likeness (QED) is 0.705. The molecule has 0 aliphatic carbocycles. The molecule has 2 heterocycles. The van der Waals surface area contributed by atoms with Gasteiger partial charge in [-0.1, -0.05) is 30.3 Å². The molecule has 0 amide bonds. The fraction of sp³-hybridized carbons (Fsp3) is 0.143. The van der Waals surface area contributed by atoms with Gasteiger partial charge in [-0.05, 0) is 11.6 Å². The van der Waals surface area contributed by atoms with E-state index in [4.69, 9.17) is 4.74 Å². The normalized spacial score (nSPS) is 10.7. The second kappa shape index (κ2) is 4.49. The second-order valence-corrected chi connectivity index (χ2v) is 4.05. The number of nitrogens with zero attached hydrogens (tertiary/aromatic N) is 3. The van der Waals surface area contributed by atoms with Crippen molar-refractivity contribution in [1.82, 2.24) is 14.5 Å². The lowest BCUT2D eigenvalue weighted by molar-refractivity contribution is 0.399. The number of aromatic nitrogens is 3. The maximum atomic E-state index is 5.14. The molecular formula is C14H13N3O. The summed E-state index contributed by atoms with van der Waals surface area (Å²) in [5.74, 6) is 0.609. The minimum absolute atomic E-state index is 0.609. The highest BCUT2D eigenvalue weighted by Crippen LogP contribution is 2.16. The van der Waals surface area contributed by atoms with Gasteiger partial charge in [-0.15, -0.1) is 0 Å². The van der Waals surface area contributed by atoms with E-state index in [2.05, 4.69) is 22.1 Å². The van der Waals surface area contributed by atoms with Crippen LogP contribution in [0.3, 0.4) is 0 Å². The fourth-order valence-corrected chi connectivity index (χ4v) is 1.93. The largest absolute Gasteiger partial charge is 0.481 e. The van der Waals surface area contributed by atoms with E-state index in [1.807, 2.05) is 41.2 Å². The standard InChI is InChI=1S/C14H13N3O/c1-18-13-8-7-12-14(16-13)17(10-15-12)9-11-5-3-2-4-6-11/h2-8,10H,9H2,1H3. The minimum atomic E-state index is 0.609. The molecule has 0 radical (unpaired) electrons. The molecule has 0 saturated carbocycles. The van der Waals surface area contributed by atoms with Gasteiger partial charge in [-0.2, -0.15) is 4.98 Å². The van der Waals surface area contributed by atoms with E-state index in [0.717, 1.165) is 17.7 Å². The summed E-state index contributed by atoms with van der Waals surface area (Å²) < 4.78 is 7.17. The third-order valence-corrected chi connectivity index (χ3v) is 2.84. The number of hydrogen-bond donors (Lipinski definition) is 0. The molecule has 4 heteroatoms. The number of benzene rings is 1. The molecule has 4 nitrogen and oxygen atoms in total. The van der Waals surface area contributed by atoms with Crippen molar-refractivity contribution >= 4 is 11.2 Å². The Kier molecular flexibility index (Phi) is 2.68. The first-order valence-corrected chi connectivity index (χ1v) is 5.76. The highest BCUT2D eigenvalue weighted by atomic mass is 16.5. The Morgan fingerprint density at radius 3 is 2.72 bits per heavy atom. The van der Waals surface area contributed by atoms with Crippen LogP contribution in [0, 0.1) is 0 Å². The third-order valence-electron chi connectivity index (χ3n) is 2.84. The molecule has 2 aromatic heterocycles. The fourth-order valence-electron chi connectivity index (χ4n) is 1.93. The Morgan fingerprint density at radius 1 is 1.11 bits per heavy atom. The first-order valence-electron chi connectivity index (χ1n) is 5.76. The zero-order chi connectivity index (χ0) is 12.4. The predicted molar refractivity (Wildman–Crippen MR) is 69.6 cm³/mol. The van der Waals surface area contributed by atoms with Crippen molar-refractivity contribution in [2.45, 2.75) is 6.54 Å². The number of rotatable bonds is 3. The van der Waals surface area contributed by atoms with Crippen LogP contribution in [-0.4, -0.2) is 21.6 Å². The van der Waals surface area contributed by atoms with Gasteiger partial charge in [0.25, 0.3) is 0 Å². The summed E-state index contributed by atoms with van der Waals surface area (Å²) in [6.07, 6.45) is 1.81. The number of imidazole rings is 1. The van der Waals surface area contributed by atoms with Crippen LogP contribution in [0.2, 0.25) is 0 Å². The van der Waals surface area contributed by atoms with Crippen LogP contribution in [-0.2, 0) is 6.54 Å². The third kappa shape index (κ3) is 1.93. The van der Waals surface area contributed by atoms with Crippen LogP contribution in [0.1, 0.15) is 5.56 Å². The van der Waals surface area contributed by atoms with Gasteiger partial charge in [0, 0.05) is 6.07 Å². The summed E-state index contributed by atoms with van der Waals surface area (Å²) in [7, 11) is 1.62. The Labute approximate surface area is 105 Å². The molecule has 0 aliphatic heterocycles. The lowest BCUT2D eigenvalue weighted by Gasteiger charge is -2.04. The maximum absolute atomic E-state index is 5.14. The molecule has 0 bridgehead atoms. The van der Waals surface area contributed by atoms with Crippen LogP contribution < -0.4 is 4.74 Å². The zero-order valence-electron chi connectivity index (χ0n) is 10.1. The molecule has 3 aromatic rings. The lowest BCUT2D eigenvalue weighted by Crippen LogP contribution is -1.99. The minimum Gasteiger partial charge on any atom is -0.481 e. The van der Waals surface area contributed by atoms with Crippen molar-refractivity contribution in [3.63, 3.8) is 0 Å². The molecule has 3 rings (SSSR count). The molecule has 18 heavy (non-hydrogen) atoms. The molecular weight excluding hydrogens is 226 g/mol. The number of ether oxygens (including phenoxy) is 1. The SMILES string of the molecule is COc1ccc2ncn(Cc3ccccc3)c2n1. The molecule has 0 saturated heterocycles. The van der Waals surface area contributed by atoms with E-state index >= 15 is 0 Å². The summed E-state index contributed by atoms with van der Waals surface area (Å²) in [6, 6.07) is 14.0. The maximum Gasteiger partial charge on any atom is 0.215 e.